The summed E-state index contributed by atoms with van der Waals surface area (Å²) in [5.74, 6) is 0.345. The molecule has 0 aliphatic heterocycles. The number of hydrogen-bond acceptors (Lipinski definition) is 4. The van der Waals surface area contributed by atoms with Crippen LogP contribution in [0.1, 0.15) is 35.2 Å². The molecule has 176 valence electrons. The first-order valence-electron chi connectivity index (χ1n) is 11.5. The van der Waals surface area contributed by atoms with Crippen LogP contribution in [0.5, 0.6) is 0 Å². The molecule has 1 aliphatic rings. The van der Waals surface area contributed by atoms with Gasteiger partial charge in [-0.05, 0) is 53.7 Å². The lowest BCUT2D eigenvalue weighted by molar-refractivity contribution is -0.140. The number of rotatable bonds is 8. The molecule has 1 aliphatic carbocycles. The number of carbonyl (C=O) groups is 1. The Morgan fingerprint density at radius 3 is 2.20 bits per heavy atom. The molecular weight excluding hydrogens is 458 g/mol. The van der Waals surface area contributed by atoms with Gasteiger partial charge in [0.25, 0.3) is 0 Å². The Kier molecular flexibility index (Phi) is 6.32. The van der Waals surface area contributed by atoms with Crippen LogP contribution in [0.15, 0.2) is 88.8 Å². The van der Waals surface area contributed by atoms with Crippen LogP contribution in [-0.2, 0) is 27.1 Å². The minimum absolute atomic E-state index is 0.456. The van der Waals surface area contributed by atoms with Crippen molar-refractivity contribution in [3.8, 4) is 22.5 Å². The zero-order valence-electron chi connectivity index (χ0n) is 19.3. The molecule has 1 unspecified atom stereocenters. The van der Waals surface area contributed by atoms with E-state index >= 15 is 0 Å². The lowest BCUT2D eigenvalue weighted by atomic mass is 9.93. The lowest BCUT2D eigenvalue weighted by Crippen LogP contribution is -2.19. The van der Waals surface area contributed by atoms with Gasteiger partial charge in [-0.3, -0.25) is 4.79 Å². The first-order valence-corrected chi connectivity index (χ1v) is 12.8. The highest BCUT2D eigenvalue weighted by Crippen LogP contribution is 2.48. The van der Waals surface area contributed by atoms with Crippen LogP contribution in [0.25, 0.3) is 28.5 Å². The second kappa shape index (κ2) is 9.56. The van der Waals surface area contributed by atoms with Gasteiger partial charge in [0.1, 0.15) is 11.2 Å². The molecule has 0 radical (unpaired) electrons. The number of aliphatic carboxylic acids is 1. The van der Waals surface area contributed by atoms with E-state index in [-0.39, 0.29) is 0 Å². The monoisotopic (exact) mass is 483 g/mol. The predicted octanol–water partition coefficient (Wildman–Crippen LogP) is 6.35. The van der Waals surface area contributed by atoms with Crippen molar-refractivity contribution in [3.05, 3.63) is 107 Å². The van der Waals surface area contributed by atoms with Gasteiger partial charge in [-0.15, -0.1) is 0 Å². The Balaban J connectivity index is 1.32. The van der Waals surface area contributed by atoms with Crippen LogP contribution in [0.2, 0.25) is 0 Å². The van der Waals surface area contributed by atoms with E-state index in [0.717, 1.165) is 39.1 Å². The van der Waals surface area contributed by atoms with Gasteiger partial charge in [0.2, 0.25) is 0 Å². The van der Waals surface area contributed by atoms with Crippen molar-refractivity contribution in [1.29, 1.82) is 0 Å². The third kappa shape index (κ3) is 4.81. The molecule has 0 saturated heterocycles. The summed E-state index contributed by atoms with van der Waals surface area (Å²) in [6.07, 6.45) is 3.22. The normalized spacial score (nSPS) is 15.3. The topological polar surface area (TPSA) is 86.4 Å². The zero-order chi connectivity index (χ0) is 24.4. The van der Waals surface area contributed by atoms with E-state index in [1.807, 2.05) is 91.9 Å². The molecule has 1 fully saturated rings. The third-order valence-electron chi connectivity index (χ3n) is 6.52. The summed E-state index contributed by atoms with van der Waals surface area (Å²) in [5, 5.41) is 15.3. The maximum atomic E-state index is 12.5. The molecule has 1 N–H and O–H groups in total. The van der Waals surface area contributed by atoms with Crippen LogP contribution in [0.3, 0.4) is 0 Å². The highest BCUT2D eigenvalue weighted by atomic mass is 32.2. The fourth-order valence-corrected chi connectivity index (χ4v) is 5.16. The first kappa shape index (κ1) is 23.1. The van der Waals surface area contributed by atoms with Crippen LogP contribution in [0.4, 0.5) is 0 Å². The van der Waals surface area contributed by atoms with E-state index in [4.69, 9.17) is 4.52 Å². The molecule has 5 nitrogen and oxygen atoms in total. The van der Waals surface area contributed by atoms with Crippen LogP contribution >= 0.6 is 0 Å². The van der Waals surface area contributed by atoms with E-state index in [2.05, 4.69) is 5.16 Å². The molecule has 5 rings (SSSR count). The summed E-state index contributed by atoms with van der Waals surface area (Å²) < 4.78 is 18.1. The minimum atomic E-state index is -1.15. The summed E-state index contributed by atoms with van der Waals surface area (Å²) >= 11 is -1.15. The molecular formula is C29H25NO4S. The molecule has 0 bridgehead atoms. The van der Waals surface area contributed by atoms with Crippen molar-refractivity contribution in [1.82, 2.24) is 5.16 Å². The Morgan fingerprint density at radius 2 is 1.60 bits per heavy atom. The van der Waals surface area contributed by atoms with Gasteiger partial charge in [0.05, 0.1) is 11.1 Å². The number of carboxylic acids is 1. The summed E-state index contributed by atoms with van der Waals surface area (Å²) in [6, 6.07) is 25.5. The van der Waals surface area contributed by atoms with Crippen LogP contribution < -0.4 is 0 Å². The van der Waals surface area contributed by atoms with E-state index < -0.39 is 22.6 Å². The Labute approximate surface area is 207 Å². The molecule has 6 heteroatoms. The third-order valence-corrected chi connectivity index (χ3v) is 7.58. The number of nitrogens with zero attached hydrogens (tertiary/aromatic N) is 1. The van der Waals surface area contributed by atoms with Crippen molar-refractivity contribution < 1.29 is 19.0 Å². The van der Waals surface area contributed by atoms with Gasteiger partial charge < -0.3 is 14.2 Å². The van der Waals surface area contributed by atoms with E-state index in [9.17, 15) is 14.5 Å². The summed E-state index contributed by atoms with van der Waals surface area (Å²) in [4.78, 5) is 11.6. The smallest absolute Gasteiger partial charge is 0.314 e. The summed E-state index contributed by atoms with van der Waals surface area (Å²) in [6.45, 7) is 1.87. The van der Waals surface area contributed by atoms with Gasteiger partial charge in [-0.1, -0.05) is 84.0 Å². The maximum Gasteiger partial charge on any atom is 0.314 e. The van der Waals surface area contributed by atoms with E-state index in [1.54, 1.807) is 5.41 Å². The fourth-order valence-electron chi connectivity index (χ4n) is 4.26. The van der Waals surface area contributed by atoms with Gasteiger partial charge in [-0.25, -0.2) is 0 Å². The average Bonchev–Trinajstić information content (AvgIpc) is 3.62. The van der Waals surface area contributed by atoms with Crippen molar-refractivity contribution >= 4 is 23.2 Å². The van der Waals surface area contributed by atoms with Crippen molar-refractivity contribution in [2.24, 2.45) is 0 Å². The molecule has 1 heterocycles. The highest BCUT2D eigenvalue weighted by Gasteiger charge is 2.51. The number of hydrogen-bond donors (Lipinski definition) is 1. The van der Waals surface area contributed by atoms with Gasteiger partial charge in [0.15, 0.2) is 5.76 Å². The Hall–Kier alpha value is -3.61. The number of benzene rings is 3. The van der Waals surface area contributed by atoms with Crippen molar-refractivity contribution in [2.75, 3.05) is 0 Å². The highest BCUT2D eigenvalue weighted by molar-refractivity contribution is 7.93. The zero-order valence-corrected chi connectivity index (χ0v) is 20.1. The SMILES string of the molecule is Cc1noc(-c2ccc(-c3ccc(C4(C(=O)O)CC4)cc3)cc2)c1C=C[S+]([O-])Cc1ccccc1. The maximum absolute atomic E-state index is 12.5. The average molecular weight is 484 g/mol. The van der Waals surface area contributed by atoms with Crippen LogP contribution in [-0.4, -0.2) is 20.8 Å². The molecule has 0 spiro atoms. The molecule has 1 atom stereocenters. The number of aromatic nitrogens is 1. The summed E-state index contributed by atoms with van der Waals surface area (Å²) in [5.41, 5.74) is 5.67. The fraction of sp³-hybridized carbons (Fsp3) is 0.172. The van der Waals surface area contributed by atoms with Crippen LogP contribution in [0, 0.1) is 6.92 Å². The second-order valence-electron chi connectivity index (χ2n) is 8.87. The Morgan fingerprint density at radius 1 is 1.00 bits per heavy atom. The lowest BCUT2D eigenvalue weighted by Gasteiger charge is -2.11. The molecule has 3 aromatic carbocycles. The first-order chi connectivity index (χ1) is 17.0. The minimum Gasteiger partial charge on any atom is -0.612 e. The van der Waals surface area contributed by atoms with Gasteiger partial charge in [-0.2, -0.15) is 0 Å². The van der Waals surface area contributed by atoms with Crippen molar-refractivity contribution in [3.63, 3.8) is 0 Å². The second-order valence-corrected chi connectivity index (χ2v) is 10.2. The standard InChI is InChI=1S/C29H25NO4S/c1-20-26(15-18-35(33)19-21-5-3-2-4-6-21)27(34-30-20)24-9-7-22(8-10-24)23-11-13-25(14-12-23)29(16-17-29)28(31)32/h2-15,18H,16-17,19H2,1H3,(H,31,32). The van der Waals surface area contributed by atoms with Gasteiger partial charge >= 0.3 is 5.97 Å². The van der Waals surface area contributed by atoms with Crippen molar-refractivity contribution in [2.45, 2.75) is 30.9 Å². The molecule has 0 amide bonds. The number of aryl methyl sites for hydroxylation is 1. The molecule has 35 heavy (non-hydrogen) atoms. The quantitative estimate of drug-likeness (QED) is 0.295. The predicted molar refractivity (Wildman–Crippen MR) is 138 cm³/mol. The summed E-state index contributed by atoms with van der Waals surface area (Å²) in [7, 11) is 0. The largest absolute Gasteiger partial charge is 0.612 e. The molecule has 1 aromatic heterocycles. The molecule has 4 aromatic rings. The molecule has 1 saturated carbocycles. The van der Waals surface area contributed by atoms with E-state index in [0.29, 0.717) is 24.4 Å². The van der Waals surface area contributed by atoms with Gasteiger partial charge in [0, 0.05) is 16.7 Å². The number of carboxylic acid groups (broad SMARTS) is 1. The Bertz CT molecular complexity index is 1350. The van der Waals surface area contributed by atoms with E-state index in [1.165, 1.54) is 0 Å².